The highest BCUT2D eigenvalue weighted by molar-refractivity contribution is 5.78. The summed E-state index contributed by atoms with van der Waals surface area (Å²) in [5.41, 5.74) is 3.34. The average Bonchev–Trinajstić information content (AvgIpc) is 2.03. The number of hydrogen-bond donors (Lipinski definition) is 2. The van der Waals surface area contributed by atoms with E-state index in [0.29, 0.717) is 5.69 Å². The van der Waals surface area contributed by atoms with Gasteiger partial charge >= 0.3 is 6.09 Å². The number of nitrogens with zero attached hydrogens (tertiary/aromatic N) is 2. The summed E-state index contributed by atoms with van der Waals surface area (Å²) >= 11 is 0. The van der Waals surface area contributed by atoms with Crippen molar-refractivity contribution in [2.24, 2.45) is 5.10 Å². The van der Waals surface area contributed by atoms with Crippen LogP contribution in [0, 0.1) is 6.92 Å². The van der Waals surface area contributed by atoms with Gasteiger partial charge in [0.15, 0.2) is 0 Å². The quantitative estimate of drug-likeness (QED) is 0.525. The van der Waals surface area contributed by atoms with Gasteiger partial charge in [-0.3, -0.25) is 4.98 Å². The molecule has 0 radical (unpaired) electrons. The van der Waals surface area contributed by atoms with Crippen molar-refractivity contribution in [3.8, 4) is 0 Å². The van der Waals surface area contributed by atoms with E-state index < -0.39 is 6.09 Å². The average molecular weight is 179 g/mol. The third-order valence-corrected chi connectivity index (χ3v) is 1.27. The van der Waals surface area contributed by atoms with Crippen LogP contribution in [0.4, 0.5) is 4.79 Å². The maximum atomic E-state index is 10.0. The maximum absolute atomic E-state index is 10.0. The Kier molecular flexibility index (Phi) is 2.97. The number of hydrazone groups is 1. The van der Waals surface area contributed by atoms with Gasteiger partial charge in [-0.2, -0.15) is 5.10 Å². The maximum Gasteiger partial charge on any atom is 0.425 e. The zero-order chi connectivity index (χ0) is 9.68. The fraction of sp³-hybridized carbons (Fsp3) is 0.125. The lowest BCUT2D eigenvalue weighted by Crippen LogP contribution is -2.13. The number of pyridine rings is 1. The molecule has 1 heterocycles. The highest BCUT2D eigenvalue weighted by atomic mass is 16.4. The van der Waals surface area contributed by atoms with Crippen molar-refractivity contribution in [2.75, 3.05) is 0 Å². The van der Waals surface area contributed by atoms with Gasteiger partial charge < -0.3 is 5.11 Å². The lowest BCUT2D eigenvalue weighted by Gasteiger charge is -1.93. The smallest absolute Gasteiger partial charge is 0.425 e. The Balaban J connectivity index is 2.63. The molecule has 1 rings (SSSR count). The number of carbonyl (C=O) groups is 1. The van der Waals surface area contributed by atoms with Crippen LogP contribution in [0.15, 0.2) is 23.3 Å². The molecular formula is C8H9N3O2. The predicted molar refractivity (Wildman–Crippen MR) is 47.7 cm³/mol. The van der Waals surface area contributed by atoms with E-state index in [-0.39, 0.29) is 0 Å². The molecule has 1 aromatic heterocycles. The van der Waals surface area contributed by atoms with E-state index in [4.69, 9.17) is 5.11 Å². The second-order valence-electron chi connectivity index (χ2n) is 2.38. The van der Waals surface area contributed by atoms with Gasteiger partial charge in [-0.05, 0) is 19.1 Å². The van der Waals surface area contributed by atoms with Crippen LogP contribution in [0.25, 0.3) is 0 Å². The van der Waals surface area contributed by atoms with E-state index >= 15 is 0 Å². The first-order valence-electron chi connectivity index (χ1n) is 3.64. The minimum atomic E-state index is -1.19. The van der Waals surface area contributed by atoms with Gasteiger partial charge in [0.2, 0.25) is 0 Å². The normalized spacial score (nSPS) is 10.2. The van der Waals surface area contributed by atoms with Crippen molar-refractivity contribution in [1.29, 1.82) is 0 Å². The van der Waals surface area contributed by atoms with Crippen LogP contribution in [-0.4, -0.2) is 22.4 Å². The number of aromatic nitrogens is 1. The predicted octanol–water partition coefficient (Wildman–Crippen LogP) is 0.992. The zero-order valence-corrected chi connectivity index (χ0v) is 7.06. The molecule has 0 aliphatic heterocycles. The van der Waals surface area contributed by atoms with Crippen LogP contribution in [0.3, 0.4) is 0 Å². The summed E-state index contributed by atoms with van der Waals surface area (Å²) in [4.78, 5) is 14.1. The molecular weight excluding hydrogens is 170 g/mol. The third-order valence-electron chi connectivity index (χ3n) is 1.27. The van der Waals surface area contributed by atoms with Crippen LogP contribution < -0.4 is 5.43 Å². The first-order valence-corrected chi connectivity index (χ1v) is 3.64. The van der Waals surface area contributed by atoms with Gasteiger partial charge in [-0.15, -0.1) is 0 Å². The largest absolute Gasteiger partial charge is 0.464 e. The SMILES string of the molecule is Cc1cccc(C=NNC(=O)O)n1. The number of amides is 1. The van der Waals surface area contributed by atoms with Crippen LogP contribution >= 0.6 is 0 Å². The molecule has 0 spiro atoms. The molecule has 5 nitrogen and oxygen atoms in total. The van der Waals surface area contributed by atoms with Gasteiger partial charge in [0.25, 0.3) is 0 Å². The molecule has 0 aromatic carbocycles. The molecule has 0 aliphatic rings. The highest BCUT2D eigenvalue weighted by Crippen LogP contribution is 1.94. The van der Waals surface area contributed by atoms with Crippen LogP contribution in [0.2, 0.25) is 0 Å². The molecule has 0 bridgehead atoms. The van der Waals surface area contributed by atoms with Crippen molar-refractivity contribution in [2.45, 2.75) is 6.92 Å². The standard InChI is InChI=1S/C8H9N3O2/c1-6-3-2-4-7(10-6)5-9-11-8(12)13/h2-5,11H,1H3,(H,12,13). The Bertz CT molecular complexity index is 336. The van der Waals surface area contributed by atoms with E-state index in [0.717, 1.165) is 5.69 Å². The summed E-state index contributed by atoms with van der Waals surface area (Å²) in [5.74, 6) is 0. The van der Waals surface area contributed by atoms with Crippen molar-refractivity contribution >= 4 is 12.3 Å². The molecule has 0 saturated carbocycles. The molecule has 0 atom stereocenters. The first kappa shape index (κ1) is 9.18. The topological polar surface area (TPSA) is 74.6 Å². The van der Waals surface area contributed by atoms with E-state index in [1.54, 1.807) is 6.07 Å². The highest BCUT2D eigenvalue weighted by Gasteiger charge is 1.90. The van der Waals surface area contributed by atoms with Crippen molar-refractivity contribution in [3.05, 3.63) is 29.6 Å². The summed E-state index contributed by atoms with van der Waals surface area (Å²) in [6, 6.07) is 5.41. The van der Waals surface area contributed by atoms with Crippen molar-refractivity contribution in [3.63, 3.8) is 0 Å². The van der Waals surface area contributed by atoms with Gasteiger partial charge in [0, 0.05) is 5.69 Å². The minimum Gasteiger partial charge on any atom is -0.464 e. The lowest BCUT2D eigenvalue weighted by molar-refractivity contribution is 0.195. The molecule has 0 saturated heterocycles. The Hall–Kier alpha value is -1.91. The second kappa shape index (κ2) is 4.20. The summed E-state index contributed by atoms with van der Waals surface area (Å²) in [6.45, 7) is 1.85. The van der Waals surface area contributed by atoms with Gasteiger partial charge in [0.05, 0.1) is 11.9 Å². The third kappa shape index (κ3) is 3.33. The summed E-state index contributed by atoms with van der Waals surface area (Å²) in [7, 11) is 0. The molecule has 68 valence electrons. The van der Waals surface area contributed by atoms with E-state index in [9.17, 15) is 4.79 Å². The number of hydrogen-bond acceptors (Lipinski definition) is 3. The second-order valence-corrected chi connectivity index (χ2v) is 2.38. The Morgan fingerprint density at radius 2 is 2.46 bits per heavy atom. The summed E-state index contributed by atoms with van der Waals surface area (Å²) < 4.78 is 0. The first-order chi connectivity index (χ1) is 6.18. The Morgan fingerprint density at radius 3 is 3.08 bits per heavy atom. The summed E-state index contributed by atoms with van der Waals surface area (Å²) in [5, 5.41) is 11.6. The monoisotopic (exact) mass is 179 g/mol. The van der Waals surface area contributed by atoms with Crippen molar-refractivity contribution in [1.82, 2.24) is 10.4 Å². The number of aryl methyl sites for hydroxylation is 1. The van der Waals surface area contributed by atoms with Crippen LogP contribution in [0.5, 0.6) is 0 Å². The van der Waals surface area contributed by atoms with Gasteiger partial charge in [-0.1, -0.05) is 6.07 Å². The van der Waals surface area contributed by atoms with Gasteiger partial charge in [0.1, 0.15) is 0 Å². The number of carboxylic acid groups (broad SMARTS) is 1. The van der Waals surface area contributed by atoms with Crippen LogP contribution in [-0.2, 0) is 0 Å². The molecule has 5 heteroatoms. The number of nitrogens with one attached hydrogen (secondary N) is 1. The molecule has 0 unspecified atom stereocenters. The molecule has 13 heavy (non-hydrogen) atoms. The van der Waals surface area contributed by atoms with E-state index in [1.165, 1.54) is 6.21 Å². The van der Waals surface area contributed by atoms with Crippen molar-refractivity contribution < 1.29 is 9.90 Å². The molecule has 1 aromatic rings. The Labute approximate surface area is 75.1 Å². The summed E-state index contributed by atoms with van der Waals surface area (Å²) in [6.07, 6.45) is 0.158. The zero-order valence-electron chi connectivity index (χ0n) is 7.06. The molecule has 0 aliphatic carbocycles. The van der Waals surface area contributed by atoms with Gasteiger partial charge in [-0.25, -0.2) is 10.2 Å². The van der Waals surface area contributed by atoms with E-state index in [1.807, 2.05) is 24.5 Å². The molecule has 2 N–H and O–H groups in total. The molecule has 1 amide bonds. The van der Waals surface area contributed by atoms with E-state index in [2.05, 4.69) is 10.1 Å². The number of rotatable bonds is 2. The van der Waals surface area contributed by atoms with Crippen LogP contribution in [0.1, 0.15) is 11.4 Å². The fourth-order valence-corrected chi connectivity index (χ4v) is 0.790. The Morgan fingerprint density at radius 1 is 1.69 bits per heavy atom. The molecule has 0 fully saturated rings. The fourth-order valence-electron chi connectivity index (χ4n) is 0.790. The lowest BCUT2D eigenvalue weighted by atomic mass is 10.3. The minimum absolute atomic E-state index is 0.619.